The molecule has 0 saturated heterocycles. The van der Waals surface area contributed by atoms with Gasteiger partial charge in [0.1, 0.15) is 11.9 Å². The molecular weight excluding hydrogens is 346 g/mol. The average Bonchev–Trinajstić information content (AvgIpc) is 2.35. The number of nitro benzene ring substituents is 1. The van der Waals surface area contributed by atoms with Gasteiger partial charge < -0.3 is 20.9 Å². The number of hydrogen-bond acceptors (Lipinski definition) is 5. The summed E-state index contributed by atoms with van der Waals surface area (Å²) >= 11 is 3.19. The Hall–Kier alpha value is -1.87. The monoisotopic (exact) mass is 361 g/mol. The van der Waals surface area contributed by atoms with Crippen molar-refractivity contribution in [3.05, 3.63) is 32.8 Å². The van der Waals surface area contributed by atoms with Gasteiger partial charge in [-0.3, -0.25) is 10.1 Å². The zero-order valence-electron chi connectivity index (χ0n) is 11.4. The van der Waals surface area contributed by atoms with E-state index in [2.05, 4.69) is 21.2 Å². The number of nitro groups is 1. The third-order valence-corrected chi connectivity index (χ3v) is 3.37. The summed E-state index contributed by atoms with van der Waals surface area (Å²) in [5.74, 6) is 0.349. The van der Waals surface area contributed by atoms with Crippen LogP contribution >= 0.6 is 15.9 Å². The molecule has 21 heavy (non-hydrogen) atoms. The van der Waals surface area contributed by atoms with Crippen LogP contribution in [-0.2, 0) is 0 Å². The second-order valence-electron chi connectivity index (χ2n) is 4.55. The minimum Gasteiger partial charge on any atom is -0.485 e. The Kier molecular flexibility index (Phi) is 5.91. The molecule has 0 heterocycles. The van der Waals surface area contributed by atoms with E-state index in [1.54, 1.807) is 13.8 Å². The number of carboxylic acid groups (broad SMARTS) is 1. The van der Waals surface area contributed by atoms with Gasteiger partial charge in [0.2, 0.25) is 0 Å². The SMILES string of the molecule is C[C@H](NC(=O)O)[C@@H](Oc1ccc([N+](=O)[O-])cc1Br)[C@@H](C)N. The van der Waals surface area contributed by atoms with Crippen molar-refractivity contribution in [3.8, 4) is 5.75 Å². The smallest absolute Gasteiger partial charge is 0.404 e. The molecule has 9 heteroatoms. The molecule has 4 N–H and O–H groups in total. The van der Waals surface area contributed by atoms with Crippen molar-refractivity contribution in [2.75, 3.05) is 0 Å². The van der Waals surface area contributed by atoms with Crippen molar-refractivity contribution in [2.45, 2.75) is 32.0 Å². The standard InChI is InChI=1S/C12H16BrN3O5/c1-6(14)11(7(2)15-12(17)18)21-10-4-3-8(16(19)20)5-9(10)13/h3-7,11,15H,14H2,1-2H3,(H,17,18)/t6-,7+,11+/m1/s1. The Bertz CT molecular complexity index is 538. The molecule has 116 valence electrons. The van der Waals surface area contributed by atoms with E-state index >= 15 is 0 Å². The van der Waals surface area contributed by atoms with Gasteiger partial charge in [0, 0.05) is 18.2 Å². The predicted molar refractivity (Wildman–Crippen MR) is 79.5 cm³/mol. The first-order chi connectivity index (χ1) is 9.72. The van der Waals surface area contributed by atoms with Gasteiger partial charge in [-0.2, -0.15) is 0 Å². The molecule has 0 unspecified atom stereocenters. The van der Waals surface area contributed by atoms with E-state index in [0.717, 1.165) is 0 Å². The van der Waals surface area contributed by atoms with Crippen LogP contribution in [0.25, 0.3) is 0 Å². The van der Waals surface area contributed by atoms with Crippen LogP contribution in [0.4, 0.5) is 10.5 Å². The van der Waals surface area contributed by atoms with Crippen molar-refractivity contribution in [2.24, 2.45) is 5.73 Å². The first kappa shape index (κ1) is 17.2. The van der Waals surface area contributed by atoms with E-state index in [-0.39, 0.29) is 5.69 Å². The summed E-state index contributed by atoms with van der Waals surface area (Å²) in [5, 5.41) is 21.7. The quantitative estimate of drug-likeness (QED) is 0.525. The number of amides is 1. The zero-order valence-corrected chi connectivity index (χ0v) is 13.0. The second-order valence-corrected chi connectivity index (χ2v) is 5.41. The van der Waals surface area contributed by atoms with Crippen LogP contribution in [0.1, 0.15) is 13.8 Å². The zero-order chi connectivity index (χ0) is 16.2. The molecule has 0 aliphatic carbocycles. The fraction of sp³-hybridized carbons (Fsp3) is 0.417. The molecule has 0 saturated carbocycles. The summed E-state index contributed by atoms with van der Waals surface area (Å²) in [7, 11) is 0. The number of ether oxygens (including phenoxy) is 1. The maximum Gasteiger partial charge on any atom is 0.404 e. The Morgan fingerprint density at radius 2 is 2.14 bits per heavy atom. The van der Waals surface area contributed by atoms with Crippen molar-refractivity contribution >= 4 is 27.7 Å². The summed E-state index contributed by atoms with van der Waals surface area (Å²) in [6.07, 6.45) is -1.81. The summed E-state index contributed by atoms with van der Waals surface area (Å²) in [4.78, 5) is 20.8. The predicted octanol–water partition coefficient (Wildman–Crippen LogP) is 2.11. The highest BCUT2D eigenvalue weighted by molar-refractivity contribution is 9.10. The van der Waals surface area contributed by atoms with Crippen LogP contribution in [0.3, 0.4) is 0 Å². The normalized spacial score (nSPS) is 14.9. The molecule has 1 rings (SSSR count). The lowest BCUT2D eigenvalue weighted by atomic mass is 10.1. The van der Waals surface area contributed by atoms with E-state index in [1.165, 1.54) is 18.2 Å². The van der Waals surface area contributed by atoms with Gasteiger partial charge in [0.25, 0.3) is 5.69 Å². The van der Waals surface area contributed by atoms with Crippen molar-refractivity contribution < 1.29 is 19.6 Å². The van der Waals surface area contributed by atoms with Crippen LogP contribution in [0.2, 0.25) is 0 Å². The molecule has 1 amide bonds. The van der Waals surface area contributed by atoms with Gasteiger partial charge in [0.15, 0.2) is 0 Å². The largest absolute Gasteiger partial charge is 0.485 e. The molecule has 3 atom stereocenters. The van der Waals surface area contributed by atoms with Crippen LogP contribution < -0.4 is 15.8 Å². The fourth-order valence-electron chi connectivity index (χ4n) is 1.79. The van der Waals surface area contributed by atoms with Gasteiger partial charge in [-0.05, 0) is 35.8 Å². The molecular formula is C12H16BrN3O5. The lowest BCUT2D eigenvalue weighted by Gasteiger charge is -2.28. The van der Waals surface area contributed by atoms with E-state index in [1.807, 2.05) is 0 Å². The van der Waals surface area contributed by atoms with Gasteiger partial charge in [0.05, 0.1) is 15.4 Å². The number of nitrogens with two attached hydrogens (primary N) is 1. The number of benzene rings is 1. The molecule has 0 bridgehead atoms. The summed E-state index contributed by atoms with van der Waals surface area (Å²) < 4.78 is 6.08. The van der Waals surface area contributed by atoms with Crippen molar-refractivity contribution in [1.29, 1.82) is 0 Å². The molecule has 0 fully saturated rings. The van der Waals surface area contributed by atoms with Crippen LogP contribution in [0.5, 0.6) is 5.75 Å². The van der Waals surface area contributed by atoms with Crippen molar-refractivity contribution in [3.63, 3.8) is 0 Å². The Morgan fingerprint density at radius 1 is 1.52 bits per heavy atom. The third-order valence-electron chi connectivity index (χ3n) is 2.75. The van der Waals surface area contributed by atoms with Gasteiger partial charge in [-0.1, -0.05) is 0 Å². The number of nitrogens with zero attached hydrogens (tertiary/aromatic N) is 1. The maximum absolute atomic E-state index is 10.7. The second kappa shape index (κ2) is 7.23. The molecule has 1 aromatic rings. The maximum atomic E-state index is 10.7. The van der Waals surface area contributed by atoms with Gasteiger partial charge >= 0.3 is 6.09 Å². The molecule has 0 aliphatic heterocycles. The molecule has 0 spiro atoms. The summed E-state index contributed by atoms with van der Waals surface area (Å²) in [6, 6.07) is 3.04. The number of carbonyl (C=O) groups is 1. The van der Waals surface area contributed by atoms with Crippen LogP contribution in [0.15, 0.2) is 22.7 Å². The molecule has 8 nitrogen and oxygen atoms in total. The summed E-state index contributed by atoms with van der Waals surface area (Å²) in [6.45, 7) is 3.31. The number of rotatable bonds is 6. The highest BCUT2D eigenvalue weighted by atomic mass is 79.9. The lowest BCUT2D eigenvalue weighted by molar-refractivity contribution is -0.385. The molecule has 0 aromatic heterocycles. The summed E-state index contributed by atoms with van der Waals surface area (Å²) in [5.41, 5.74) is 5.73. The Labute approximate surface area is 129 Å². The molecule has 1 aromatic carbocycles. The number of non-ortho nitro benzene ring substituents is 1. The highest BCUT2D eigenvalue weighted by Crippen LogP contribution is 2.30. The minimum atomic E-state index is -1.18. The van der Waals surface area contributed by atoms with Gasteiger partial charge in [-0.15, -0.1) is 0 Å². The number of halogens is 1. The van der Waals surface area contributed by atoms with E-state index in [0.29, 0.717) is 10.2 Å². The van der Waals surface area contributed by atoms with Gasteiger partial charge in [-0.25, -0.2) is 4.79 Å². The van der Waals surface area contributed by atoms with Crippen molar-refractivity contribution in [1.82, 2.24) is 5.32 Å². The number of hydrogen-bond donors (Lipinski definition) is 3. The Morgan fingerprint density at radius 3 is 2.57 bits per heavy atom. The average molecular weight is 362 g/mol. The van der Waals surface area contributed by atoms with E-state index in [9.17, 15) is 14.9 Å². The lowest BCUT2D eigenvalue weighted by Crippen LogP contribution is -2.51. The van der Waals surface area contributed by atoms with Crippen LogP contribution in [0, 0.1) is 10.1 Å². The van der Waals surface area contributed by atoms with Crippen LogP contribution in [-0.4, -0.2) is 34.3 Å². The van der Waals surface area contributed by atoms with E-state index < -0.39 is 29.2 Å². The first-order valence-electron chi connectivity index (χ1n) is 6.08. The minimum absolute atomic E-state index is 0.0803. The topological polar surface area (TPSA) is 128 Å². The first-order valence-corrected chi connectivity index (χ1v) is 6.87. The molecule has 0 radical (unpaired) electrons. The highest BCUT2D eigenvalue weighted by Gasteiger charge is 2.25. The number of nitrogens with one attached hydrogen (secondary N) is 1. The fourth-order valence-corrected chi connectivity index (χ4v) is 2.25. The molecule has 0 aliphatic rings. The third kappa shape index (κ3) is 4.87. The Balaban J connectivity index is 2.94. The van der Waals surface area contributed by atoms with E-state index in [4.69, 9.17) is 15.6 Å².